The average molecular weight is 486 g/mol. The van der Waals surface area contributed by atoms with Gasteiger partial charge in [-0.3, -0.25) is 0 Å². The predicted octanol–water partition coefficient (Wildman–Crippen LogP) is 6.62. The van der Waals surface area contributed by atoms with Crippen LogP contribution in [-0.2, 0) is 0 Å². The van der Waals surface area contributed by atoms with Gasteiger partial charge in [-0.2, -0.15) is 0 Å². The van der Waals surface area contributed by atoms with Gasteiger partial charge in [0, 0.05) is 0 Å². The minimum absolute atomic E-state index is 1.05. The van der Waals surface area contributed by atoms with Crippen LogP contribution in [0, 0.1) is 0 Å². The van der Waals surface area contributed by atoms with Crippen LogP contribution in [-0.4, -0.2) is 33.8 Å². The molecule has 3 aliphatic rings. The third-order valence-electron chi connectivity index (χ3n) is 8.66. The second-order valence-corrected chi connectivity index (χ2v) is 23.8. The standard InChI is InChI=1S/C6H4N3.3C6H11.Sn/c1-2-4-6-5(3-1)7-9-8-6;3*1-2-4-6-5-3-1;/h1-3H,(H,7,8,9);3*1H,2-6H2;. The molecule has 152 valence electrons. The van der Waals surface area contributed by atoms with E-state index in [1.54, 1.807) is 3.58 Å². The van der Waals surface area contributed by atoms with Crippen molar-refractivity contribution in [3.63, 3.8) is 0 Å². The molecule has 2 aromatic rings. The van der Waals surface area contributed by atoms with E-state index in [2.05, 4.69) is 28.5 Å². The van der Waals surface area contributed by atoms with Crippen molar-refractivity contribution in [2.45, 2.75) is 108 Å². The second-order valence-electron chi connectivity index (χ2n) is 9.93. The summed E-state index contributed by atoms with van der Waals surface area (Å²) in [7, 11) is 0. The van der Waals surface area contributed by atoms with E-state index in [0.29, 0.717) is 0 Å². The van der Waals surface area contributed by atoms with E-state index in [1.807, 2.05) is 0 Å². The summed E-state index contributed by atoms with van der Waals surface area (Å²) in [4.78, 5) is 0. The second kappa shape index (κ2) is 8.65. The van der Waals surface area contributed by atoms with Gasteiger partial charge >= 0.3 is 175 Å². The van der Waals surface area contributed by atoms with Gasteiger partial charge in [0.15, 0.2) is 0 Å². The average Bonchev–Trinajstić information content (AvgIpc) is 3.26. The number of benzene rings is 1. The predicted molar refractivity (Wildman–Crippen MR) is 120 cm³/mol. The summed E-state index contributed by atoms with van der Waals surface area (Å²) in [6, 6.07) is 7.06. The molecule has 28 heavy (non-hydrogen) atoms. The Balaban J connectivity index is 1.71. The number of para-hydroxylation sites is 1. The first-order chi connectivity index (χ1) is 13.9. The quantitative estimate of drug-likeness (QED) is 0.494. The molecule has 0 atom stereocenters. The zero-order valence-electron chi connectivity index (χ0n) is 17.5. The van der Waals surface area contributed by atoms with Crippen LogP contribution >= 0.6 is 0 Å². The zero-order valence-corrected chi connectivity index (χ0v) is 20.3. The van der Waals surface area contributed by atoms with Crippen LogP contribution < -0.4 is 3.58 Å². The number of aromatic nitrogens is 3. The number of nitrogens with zero attached hydrogens (tertiary/aromatic N) is 2. The molecule has 0 amide bonds. The van der Waals surface area contributed by atoms with Crippen LogP contribution in [0.2, 0.25) is 11.8 Å². The Labute approximate surface area is 174 Å². The number of nitrogens with one attached hydrogen (secondary N) is 1. The summed E-state index contributed by atoms with van der Waals surface area (Å²) in [5.74, 6) is 0. The van der Waals surface area contributed by atoms with Crippen molar-refractivity contribution in [3.8, 4) is 0 Å². The van der Waals surface area contributed by atoms with Crippen LogP contribution in [0.25, 0.3) is 11.0 Å². The molecule has 1 aromatic carbocycles. The molecule has 0 aliphatic heterocycles. The molecule has 3 saturated carbocycles. The fraction of sp³-hybridized carbons (Fsp3) is 0.750. The van der Waals surface area contributed by atoms with Crippen molar-refractivity contribution in [2.75, 3.05) is 0 Å². The monoisotopic (exact) mass is 487 g/mol. The molecule has 5 rings (SSSR count). The first-order valence-electron chi connectivity index (χ1n) is 12.2. The molecular formula is C24H37N3Sn. The first kappa shape index (κ1) is 19.4. The summed E-state index contributed by atoms with van der Waals surface area (Å²) in [6.45, 7) is 0. The summed E-state index contributed by atoms with van der Waals surface area (Å²) < 4.78 is 4.94. The molecule has 0 unspecified atom stereocenters. The molecule has 3 nitrogen and oxygen atoms in total. The Morgan fingerprint density at radius 3 is 1.64 bits per heavy atom. The van der Waals surface area contributed by atoms with Crippen molar-refractivity contribution in [3.05, 3.63) is 18.2 Å². The Hall–Kier alpha value is -0.581. The molecule has 3 aliphatic carbocycles. The van der Waals surface area contributed by atoms with Gasteiger partial charge in [-0.15, -0.1) is 0 Å². The molecule has 1 N–H and O–H groups in total. The topological polar surface area (TPSA) is 41.6 Å². The molecule has 1 heterocycles. The van der Waals surface area contributed by atoms with Crippen LogP contribution in [0.15, 0.2) is 18.2 Å². The van der Waals surface area contributed by atoms with Crippen LogP contribution in [0.5, 0.6) is 0 Å². The van der Waals surface area contributed by atoms with Crippen LogP contribution in [0.1, 0.15) is 96.3 Å². The number of aromatic amines is 1. The van der Waals surface area contributed by atoms with Crippen LogP contribution in [0.3, 0.4) is 0 Å². The van der Waals surface area contributed by atoms with Gasteiger partial charge < -0.3 is 0 Å². The van der Waals surface area contributed by atoms with E-state index >= 15 is 0 Å². The molecule has 0 bridgehead atoms. The summed E-state index contributed by atoms with van der Waals surface area (Å²) in [5, 5.41) is 12.3. The third-order valence-corrected chi connectivity index (χ3v) is 29.0. The van der Waals surface area contributed by atoms with Crippen molar-refractivity contribution < 1.29 is 0 Å². The van der Waals surface area contributed by atoms with Crippen molar-refractivity contribution in [1.29, 1.82) is 0 Å². The van der Waals surface area contributed by atoms with Gasteiger partial charge in [-0.05, 0) is 0 Å². The summed E-state index contributed by atoms with van der Waals surface area (Å²) >= 11 is -2.77. The number of rotatable bonds is 4. The van der Waals surface area contributed by atoms with Gasteiger partial charge in [0.2, 0.25) is 0 Å². The Bertz CT molecular complexity index is 721. The van der Waals surface area contributed by atoms with Crippen molar-refractivity contribution in [1.82, 2.24) is 15.4 Å². The van der Waals surface area contributed by atoms with Crippen molar-refractivity contribution >= 4 is 33.0 Å². The van der Waals surface area contributed by atoms with Crippen molar-refractivity contribution in [2.24, 2.45) is 0 Å². The van der Waals surface area contributed by atoms with Gasteiger partial charge in [0.25, 0.3) is 0 Å². The molecule has 0 saturated heterocycles. The number of fused-ring (bicyclic) bond motifs is 1. The Kier molecular flexibility index (Phi) is 5.99. The van der Waals surface area contributed by atoms with E-state index in [1.165, 1.54) is 102 Å². The first-order valence-corrected chi connectivity index (χ1v) is 18.6. The van der Waals surface area contributed by atoms with Crippen LogP contribution in [0.4, 0.5) is 0 Å². The summed E-state index contributed by atoms with van der Waals surface area (Å²) in [6.07, 6.45) is 22.5. The molecular weight excluding hydrogens is 449 g/mol. The van der Waals surface area contributed by atoms with E-state index in [-0.39, 0.29) is 0 Å². The Morgan fingerprint density at radius 1 is 0.643 bits per heavy atom. The van der Waals surface area contributed by atoms with Gasteiger partial charge in [-0.1, -0.05) is 0 Å². The fourth-order valence-electron chi connectivity index (χ4n) is 7.62. The third kappa shape index (κ3) is 3.33. The SMILES string of the molecule is c1c[c]([Sn]([CH]2CCCCC2)([CH]2CCCCC2)[CH]2CCCCC2)c2n[nH]nc2c1. The molecule has 0 radical (unpaired) electrons. The minimum atomic E-state index is -2.77. The Morgan fingerprint density at radius 2 is 1.14 bits per heavy atom. The molecule has 1 aromatic heterocycles. The molecule has 3 fully saturated rings. The van der Waals surface area contributed by atoms with E-state index in [9.17, 15) is 0 Å². The maximum absolute atomic E-state index is 4.79. The molecule has 4 heteroatoms. The number of hydrogen-bond donors (Lipinski definition) is 1. The van der Waals surface area contributed by atoms with E-state index in [4.69, 9.17) is 5.10 Å². The fourth-order valence-corrected chi connectivity index (χ4v) is 31.6. The van der Waals surface area contributed by atoms with Gasteiger partial charge in [0.05, 0.1) is 0 Å². The maximum atomic E-state index is 4.79. The van der Waals surface area contributed by atoms with E-state index in [0.717, 1.165) is 17.3 Å². The van der Waals surface area contributed by atoms with Gasteiger partial charge in [0.1, 0.15) is 0 Å². The normalized spacial score (nSPS) is 24.0. The van der Waals surface area contributed by atoms with Gasteiger partial charge in [-0.25, -0.2) is 0 Å². The summed E-state index contributed by atoms with van der Waals surface area (Å²) in [5.41, 5.74) is 2.40. The zero-order chi connectivity index (χ0) is 18.8. The number of H-pyrrole nitrogens is 1. The number of hydrogen-bond acceptors (Lipinski definition) is 2. The van der Waals surface area contributed by atoms with E-state index < -0.39 is 18.4 Å². The molecule has 0 spiro atoms.